The van der Waals surface area contributed by atoms with Crippen molar-refractivity contribution in [3.05, 3.63) is 34.3 Å². The van der Waals surface area contributed by atoms with Gasteiger partial charge in [-0.15, -0.1) is 0 Å². The van der Waals surface area contributed by atoms with E-state index in [1.54, 1.807) is 0 Å². The van der Waals surface area contributed by atoms with Crippen molar-refractivity contribution >= 4 is 27.5 Å². The average Bonchev–Trinajstić information content (AvgIpc) is 2.82. The number of halogens is 1. The van der Waals surface area contributed by atoms with Crippen LogP contribution in [0.25, 0.3) is 0 Å². The first kappa shape index (κ1) is 12.7. The summed E-state index contributed by atoms with van der Waals surface area (Å²) in [5, 5.41) is 7.11. The summed E-state index contributed by atoms with van der Waals surface area (Å²) in [6.45, 7) is 4.00. The number of amides is 1. The number of carbonyl (C=O) groups excluding carboxylic acids is 1. The number of carbonyl (C=O) groups is 1. The van der Waals surface area contributed by atoms with Gasteiger partial charge in [0.25, 0.3) is 5.91 Å². The minimum atomic E-state index is -0.825. The lowest BCUT2D eigenvalue weighted by atomic mass is 9.87. The van der Waals surface area contributed by atoms with Gasteiger partial charge in [-0.1, -0.05) is 39.3 Å². The fraction of sp³-hybridized carbons (Fsp3) is 0.429. The molecule has 3 rings (SSSR count). The second-order valence-corrected chi connectivity index (χ2v) is 6.65. The molecule has 1 spiro atoms. The van der Waals surface area contributed by atoms with Gasteiger partial charge in [0.1, 0.15) is 0 Å². The van der Waals surface area contributed by atoms with E-state index in [1.807, 2.05) is 38.1 Å². The molecule has 2 heterocycles. The highest BCUT2D eigenvalue weighted by atomic mass is 79.9. The van der Waals surface area contributed by atoms with Crippen molar-refractivity contribution in [2.75, 3.05) is 0 Å². The van der Waals surface area contributed by atoms with Crippen molar-refractivity contribution < 1.29 is 9.63 Å². The zero-order valence-corrected chi connectivity index (χ0v) is 12.5. The third kappa shape index (κ3) is 2.06. The van der Waals surface area contributed by atoms with Gasteiger partial charge in [0.15, 0.2) is 0 Å². The number of benzene rings is 1. The van der Waals surface area contributed by atoms with E-state index in [2.05, 4.69) is 26.4 Å². The molecular weight excluding hydrogens is 308 g/mol. The first-order valence-electron chi connectivity index (χ1n) is 6.24. The molecule has 1 amide bonds. The molecule has 1 atom stereocenters. The Hall–Kier alpha value is -1.36. The number of hydrogen-bond donors (Lipinski definition) is 1. The highest BCUT2D eigenvalue weighted by molar-refractivity contribution is 9.10. The molecule has 100 valence electrons. The van der Waals surface area contributed by atoms with Crippen LogP contribution in [0.1, 0.15) is 32.3 Å². The van der Waals surface area contributed by atoms with Crippen LogP contribution in [-0.2, 0) is 9.63 Å². The maximum atomic E-state index is 12.2. The molecule has 1 fully saturated rings. The molecule has 19 heavy (non-hydrogen) atoms. The minimum Gasteiger partial charge on any atom is -0.378 e. The van der Waals surface area contributed by atoms with Crippen LogP contribution in [0.4, 0.5) is 0 Å². The Bertz CT molecular complexity index is 583. The SMILES string of the molecule is CC1(C)CC2(CC(c3ccccc3Br)=NO2)C(=O)N1. The molecule has 1 saturated heterocycles. The van der Waals surface area contributed by atoms with Crippen LogP contribution in [0, 0.1) is 0 Å². The van der Waals surface area contributed by atoms with E-state index in [0.717, 1.165) is 15.7 Å². The van der Waals surface area contributed by atoms with Gasteiger partial charge in [0, 0.05) is 28.4 Å². The molecule has 0 saturated carbocycles. The second-order valence-electron chi connectivity index (χ2n) is 5.79. The third-order valence-corrected chi connectivity index (χ3v) is 4.25. The number of oxime groups is 1. The van der Waals surface area contributed by atoms with E-state index in [4.69, 9.17) is 4.84 Å². The lowest BCUT2D eigenvalue weighted by Gasteiger charge is -2.19. The van der Waals surface area contributed by atoms with E-state index >= 15 is 0 Å². The predicted molar refractivity (Wildman–Crippen MR) is 76.0 cm³/mol. The molecule has 0 bridgehead atoms. The lowest BCUT2D eigenvalue weighted by molar-refractivity contribution is -0.138. The van der Waals surface area contributed by atoms with Gasteiger partial charge in [-0.3, -0.25) is 4.79 Å². The Kier molecular flexibility index (Phi) is 2.71. The van der Waals surface area contributed by atoms with Crippen LogP contribution < -0.4 is 5.32 Å². The van der Waals surface area contributed by atoms with Crippen LogP contribution in [0.2, 0.25) is 0 Å². The molecule has 4 nitrogen and oxygen atoms in total. The minimum absolute atomic E-state index is 0.0664. The summed E-state index contributed by atoms with van der Waals surface area (Å²) in [4.78, 5) is 17.7. The maximum Gasteiger partial charge on any atom is 0.267 e. The summed E-state index contributed by atoms with van der Waals surface area (Å²) in [6, 6.07) is 7.84. The normalized spacial score (nSPS) is 28.2. The van der Waals surface area contributed by atoms with Gasteiger partial charge in [0.05, 0.1) is 5.71 Å². The van der Waals surface area contributed by atoms with Crippen molar-refractivity contribution in [3.63, 3.8) is 0 Å². The summed E-state index contributed by atoms with van der Waals surface area (Å²) in [5.74, 6) is -0.0664. The van der Waals surface area contributed by atoms with Gasteiger partial charge < -0.3 is 10.2 Å². The number of hydrogen-bond acceptors (Lipinski definition) is 3. The molecule has 5 heteroatoms. The monoisotopic (exact) mass is 322 g/mol. The van der Waals surface area contributed by atoms with Crippen LogP contribution in [0.15, 0.2) is 33.9 Å². The maximum absolute atomic E-state index is 12.2. The molecule has 1 aromatic carbocycles. The third-order valence-electron chi connectivity index (χ3n) is 3.56. The fourth-order valence-corrected chi connectivity index (χ4v) is 3.31. The molecule has 1 unspecified atom stereocenters. The van der Waals surface area contributed by atoms with Gasteiger partial charge >= 0.3 is 0 Å². The standard InChI is InChI=1S/C14H15BrN2O2/c1-13(2)8-14(12(18)16-13)7-11(17-19-14)9-5-3-4-6-10(9)15/h3-6H,7-8H2,1-2H3,(H,16,18). The largest absolute Gasteiger partial charge is 0.378 e. The van der Waals surface area contributed by atoms with Gasteiger partial charge in [0.2, 0.25) is 5.60 Å². The molecular formula is C14H15BrN2O2. The zero-order chi connectivity index (χ0) is 13.7. The van der Waals surface area contributed by atoms with E-state index in [-0.39, 0.29) is 11.4 Å². The molecule has 2 aliphatic heterocycles. The summed E-state index contributed by atoms with van der Waals surface area (Å²) < 4.78 is 0.965. The molecule has 1 aromatic rings. The molecule has 0 aliphatic carbocycles. The Balaban J connectivity index is 1.88. The molecule has 1 N–H and O–H groups in total. The topological polar surface area (TPSA) is 50.7 Å². The number of nitrogens with one attached hydrogen (secondary N) is 1. The highest BCUT2D eigenvalue weighted by Gasteiger charge is 2.56. The Morgan fingerprint density at radius 1 is 1.37 bits per heavy atom. The van der Waals surface area contributed by atoms with Crippen molar-refractivity contribution in [1.82, 2.24) is 5.32 Å². The Labute approximate surface area is 120 Å². The average molecular weight is 323 g/mol. The molecule has 0 radical (unpaired) electrons. The van der Waals surface area contributed by atoms with E-state index in [1.165, 1.54) is 0 Å². The van der Waals surface area contributed by atoms with Crippen LogP contribution in [0.5, 0.6) is 0 Å². The number of nitrogens with zero attached hydrogens (tertiary/aromatic N) is 1. The second kappa shape index (κ2) is 4.07. The molecule has 0 aromatic heterocycles. The Morgan fingerprint density at radius 2 is 2.11 bits per heavy atom. The van der Waals surface area contributed by atoms with E-state index in [9.17, 15) is 4.79 Å². The summed E-state index contributed by atoms with van der Waals surface area (Å²) >= 11 is 3.50. The first-order chi connectivity index (χ1) is 8.92. The Morgan fingerprint density at radius 3 is 2.74 bits per heavy atom. The summed E-state index contributed by atoms with van der Waals surface area (Å²) in [7, 11) is 0. The van der Waals surface area contributed by atoms with E-state index < -0.39 is 5.60 Å². The number of rotatable bonds is 1. The van der Waals surface area contributed by atoms with E-state index in [0.29, 0.717) is 12.8 Å². The predicted octanol–water partition coefficient (Wildman–Crippen LogP) is 2.61. The van der Waals surface area contributed by atoms with Crippen molar-refractivity contribution in [2.24, 2.45) is 5.16 Å². The fourth-order valence-electron chi connectivity index (χ4n) is 2.79. The highest BCUT2D eigenvalue weighted by Crippen LogP contribution is 2.39. The van der Waals surface area contributed by atoms with Crippen LogP contribution in [0.3, 0.4) is 0 Å². The smallest absolute Gasteiger partial charge is 0.267 e. The first-order valence-corrected chi connectivity index (χ1v) is 7.04. The van der Waals surface area contributed by atoms with Crippen molar-refractivity contribution in [3.8, 4) is 0 Å². The van der Waals surface area contributed by atoms with Crippen molar-refractivity contribution in [2.45, 2.75) is 37.8 Å². The molecule has 2 aliphatic rings. The summed E-state index contributed by atoms with van der Waals surface area (Å²) in [5.41, 5.74) is 0.738. The van der Waals surface area contributed by atoms with Crippen LogP contribution in [-0.4, -0.2) is 22.8 Å². The quantitative estimate of drug-likeness (QED) is 0.864. The van der Waals surface area contributed by atoms with Gasteiger partial charge in [-0.25, -0.2) is 0 Å². The van der Waals surface area contributed by atoms with Gasteiger partial charge in [-0.05, 0) is 19.9 Å². The van der Waals surface area contributed by atoms with Crippen LogP contribution >= 0.6 is 15.9 Å². The summed E-state index contributed by atoms with van der Waals surface area (Å²) in [6.07, 6.45) is 1.15. The van der Waals surface area contributed by atoms with Crippen molar-refractivity contribution in [1.29, 1.82) is 0 Å². The zero-order valence-electron chi connectivity index (χ0n) is 10.9. The van der Waals surface area contributed by atoms with Gasteiger partial charge in [-0.2, -0.15) is 0 Å². The lowest BCUT2D eigenvalue weighted by Crippen LogP contribution is -2.39.